The minimum Gasteiger partial charge on any atom is -0.452 e. The van der Waals surface area contributed by atoms with Crippen LogP contribution in [0.25, 0.3) is 209 Å². The van der Waals surface area contributed by atoms with Crippen LogP contribution in [0, 0.1) is 0 Å². The Labute approximate surface area is 800 Å². The van der Waals surface area contributed by atoms with Crippen molar-refractivity contribution in [2.45, 2.75) is 19.3 Å². The van der Waals surface area contributed by atoms with E-state index in [0.717, 1.165) is 106 Å². The number of hydrogen-bond acceptors (Lipinski definition) is 8. The summed E-state index contributed by atoms with van der Waals surface area (Å²) >= 11 is 1.86. The Hall–Kier alpha value is -15.4. The van der Waals surface area contributed by atoms with Crippen molar-refractivity contribution in [1.82, 2.24) is 29.1 Å². The van der Waals surface area contributed by atoms with Crippen LogP contribution in [0.5, 0.6) is 0 Å². The Morgan fingerprint density at radius 1 is 0.313 bits per heavy atom. The summed E-state index contributed by atoms with van der Waals surface area (Å²) < 4.78 is 30.4. The van der Waals surface area contributed by atoms with Crippen molar-refractivity contribution in [1.29, 1.82) is 0 Å². The molecule has 1 aliphatic carbocycles. The van der Waals surface area contributed by atoms with Crippen LogP contribution < -0.4 is 4.90 Å². The van der Waals surface area contributed by atoms with E-state index in [1.807, 2.05) is 59.9 Å². The fourth-order valence-corrected chi connectivity index (χ4v) is 20.8. The Kier molecular flexibility index (Phi) is 22.7. The molecule has 9 nitrogen and oxygen atoms in total. The van der Waals surface area contributed by atoms with Gasteiger partial charge >= 0.3 is 26.2 Å². The summed E-state index contributed by atoms with van der Waals surface area (Å²) in [6.07, 6.45) is 2.87. The third kappa shape index (κ3) is 15.4. The summed E-state index contributed by atoms with van der Waals surface area (Å²) in [5, 5.41) is 9.67. The number of fused-ring (bicyclic) bond motifs is 18. The molecular formula is C120H84BBiFN7O2PS. The largest absolute Gasteiger partial charge is 0.452 e. The fraction of sp³-hybridized carbons (Fsp3) is 0.0333. The third-order valence-corrected chi connectivity index (χ3v) is 27.2. The number of alkyl halides is 1. The van der Waals surface area contributed by atoms with E-state index in [1.165, 1.54) is 125 Å². The van der Waals surface area contributed by atoms with Gasteiger partial charge in [-0.25, -0.2) is 24.3 Å². The van der Waals surface area contributed by atoms with Crippen molar-refractivity contribution >= 4 is 179 Å². The number of halogens is 1. The molecule has 18 aromatic carbocycles. The summed E-state index contributed by atoms with van der Waals surface area (Å²) in [7, 11) is 4.65. The number of aromatic nitrogens is 6. The minimum atomic E-state index is -0.375. The monoisotopic (exact) mass is 1960 g/mol. The predicted octanol–water partition coefficient (Wildman–Crippen LogP) is 32.2. The first-order valence-electron chi connectivity index (χ1n) is 44.6. The van der Waals surface area contributed by atoms with Gasteiger partial charge < -0.3 is 22.9 Å². The molecule has 0 saturated carbocycles. The first-order chi connectivity index (χ1) is 65.6. The number of anilines is 3. The third-order valence-electron chi connectivity index (χ3n) is 25.8. The van der Waals surface area contributed by atoms with E-state index in [4.69, 9.17) is 8.83 Å². The summed E-state index contributed by atoms with van der Waals surface area (Å²) in [4.78, 5) is 20.7. The van der Waals surface area contributed by atoms with Crippen LogP contribution in [-0.2, 0) is 5.41 Å². The van der Waals surface area contributed by atoms with E-state index in [1.54, 1.807) is 12.7 Å². The van der Waals surface area contributed by atoms with Gasteiger partial charge in [-0.2, -0.15) is 0 Å². The van der Waals surface area contributed by atoms with E-state index >= 15 is 0 Å². The van der Waals surface area contributed by atoms with Crippen LogP contribution >= 0.6 is 19.8 Å². The second-order valence-corrected chi connectivity index (χ2v) is 35.6. The maximum Gasteiger partial charge on any atom is 0.180 e. The van der Waals surface area contributed by atoms with E-state index in [0.29, 0.717) is 5.58 Å². The van der Waals surface area contributed by atoms with Gasteiger partial charge in [0.1, 0.15) is 53.8 Å². The first kappa shape index (κ1) is 84.2. The Bertz CT molecular complexity index is 8530. The number of benzene rings is 18. The van der Waals surface area contributed by atoms with Crippen LogP contribution in [-0.4, -0.2) is 69.3 Å². The van der Waals surface area contributed by atoms with Gasteiger partial charge in [0, 0.05) is 97.5 Å². The second kappa shape index (κ2) is 36.1. The van der Waals surface area contributed by atoms with Gasteiger partial charge in [-0.05, 0) is 217 Å². The zero-order valence-corrected chi connectivity index (χ0v) is 79.5. The Morgan fingerprint density at radius 3 is 1.29 bits per heavy atom. The molecule has 0 fully saturated rings. The summed E-state index contributed by atoms with van der Waals surface area (Å²) in [6.45, 7) is 4.70. The van der Waals surface area contributed by atoms with E-state index in [2.05, 4.69) is 438 Å². The second-order valence-electron chi connectivity index (χ2n) is 33.9. The molecule has 25 aromatic rings. The van der Waals surface area contributed by atoms with Crippen LogP contribution in [0.3, 0.4) is 0 Å². The molecule has 0 amide bonds. The summed E-state index contributed by atoms with van der Waals surface area (Å²) in [5.74, 6) is 0. The van der Waals surface area contributed by atoms with Crippen molar-refractivity contribution in [3.05, 3.63) is 454 Å². The number of nitrogens with zero attached hydrogens (tertiary/aromatic N) is 7. The zero-order chi connectivity index (χ0) is 89.0. The molecule has 0 aliphatic heterocycles. The predicted molar refractivity (Wildman–Crippen MR) is 566 cm³/mol. The number of para-hydroxylation sites is 6. The van der Waals surface area contributed by atoms with Crippen molar-refractivity contribution in [3.8, 4) is 101 Å². The maximum absolute atomic E-state index is 10.6. The van der Waals surface area contributed by atoms with Gasteiger partial charge in [0.25, 0.3) is 0 Å². The van der Waals surface area contributed by atoms with Crippen molar-refractivity contribution < 1.29 is 13.2 Å². The molecule has 26 rings (SSSR count). The van der Waals surface area contributed by atoms with Gasteiger partial charge in [-0.3, -0.25) is 0 Å². The molecule has 134 heavy (non-hydrogen) atoms. The normalized spacial score (nSPS) is 12.0. The van der Waals surface area contributed by atoms with E-state index < -0.39 is 0 Å². The molecule has 14 heteroatoms. The molecule has 7 aromatic heterocycles. The molecule has 1 unspecified atom stereocenters. The fourth-order valence-electron chi connectivity index (χ4n) is 19.5. The molecule has 0 bridgehead atoms. The number of furan rings is 2. The standard InChI is InChI=1S/C51H38N2.C34H21N3O.C34H20N2OS.CH3BFP.Bi.2H/c1-51(2)47-19-11-9-17-43(47)44-31-30-42(34-48(44)51)52(40-26-21-36(22-27-40)35-13-5-3-6-14-35)41-28-23-37(24-29-41)38-25-32-50-46(33-38)45-18-10-12-20-49(45)53(50)39-15-7-4-8-16-39;1-4-16-29-26(13-1)27-14-2-5-17-30(27)37(29)25-12-8-10-23(20-25)22-9-7-11-24(19-22)32-34-33(36-21-35-32)28-15-3-6-18-31(28)38-34;1-3-16-29-28(13-1)32-33(37-29)31(35-20-36-32)24-11-6-9-22(19-24)21-8-5-10-23(18-21)25-14-7-15-27-26-12-2-4-17-30(26)38-34(25)27;2-4-1-3;;;/h3-34H,1-2H3;1-21H;1-20H;4H,1H2;;;. The first-order valence-corrected chi connectivity index (χ1v) is 46.7. The minimum absolute atomic E-state index is 0. The van der Waals surface area contributed by atoms with E-state index in [-0.39, 0.29) is 46.5 Å². The zero-order valence-electron chi connectivity index (χ0n) is 73.2. The van der Waals surface area contributed by atoms with Crippen molar-refractivity contribution in [2.75, 3.05) is 11.3 Å². The van der Waals surface area contributed by atoms with Gasteiger partial charge in [0.05, 0.1) is 28.5 Å². The molecule has 0 spiro atoms. The van der Waals surface area contributed by atoms with Gasteiger partial charge in [0.2, 0.25) is 0 Å². The molecule has 1 atom stereocenters. The van der Waals surface area contributed by atoms with E-state index in [9.17, 15) is 4.39 Å². The topological polar surface area (TPSA) is 90.9 Å². The van der Waals surface area contributed by atoms with Crippen LogP contribution in [0.2, 0.25) is 0 Å². The maximum atomic E-state index is 10.6. The smallest absolute Gasteiger partial charge is 0.180 e. The summed E-state index contributed by atoms with van der Waals surface area (Å²) in [5.41, 5.74) is 36.1. The molecular weight excluding hydrogens is 1870 g/mol. The molecule has 637 valence electrons. The molecule has 0 saturated heterocycles. The van der Waals surface area contributed by atoms with Gasteiger partial charge in [-0.15, -0.1) is 19.8 Å². The van der Waals surface area contributed by atoms with Crippen molar-refractivity contribution in [3.63, 3.8) is 0 Å². The number of thiophene rings is 1. The Balaban J connectivity index is 0.000000116. The quantitative estimate of drug-likeness (QED) is 0.0839. The van der Waals surface area contributed by atoms with Gasteiger partial charge in [0.15, 0.2) is 11.2 Å². The van der Waals surface area contributed by atoms with Gasteiger partial charge in [-0.1, -0.05) is 305 Å². The molecule has 1 aliphatic rings. The van der Waals surface area contributed by atoms with Crippen LogP contribution in [0.4, 0.5) is 21.5 Å². The molecule has 3 radical (unpaired) electrons. The average molecular weight is 1960 g/mol. The Morgan fingerprint density at radius 2 is 0.701 bits per heavy atom. The summed E-state index contributed by atoms with van der Waals surface area (Å²) in [6, 6.07) is 154. The number of rotatable bonds is 13. The molecule has 0 N–H and O–H groups in total. The molecule has 7 heterocycles. The van der Waals surface area contributed by atoms with Crippen LogP contribution in [0.1, 0.15) is 25.0 Å². The van der Waals surface area contributed by atoms with Crippen molar-refractivity contribution in [2.24, 2.45) is 0 Å². The average Bonchev–Trinajstić information content (AvgIpc) is 1.56. The van der Waals surface area contributed by atoms with Crippen LogP contribution in [0.15, 0.2) is 452 Å². The number of hydrogen-bond donors (Lipinski definition) is 0. The SMILES string of the molecule is CC1(C)c2ccccc2-c2ccc(N(c3ccc(-c4ccccc4)cc3)c3ccc(-c4ccc5c(c4)c4ccccc4n5-c4ccccc4)cc3)cc21.[B]PCF.[BiH2].c1cc(-c2cccc(-c3cccc4c3sc3ccccc34)c2)cc(-c2ncnc3c2oc2ccccc23)c1.c1cc(-c2cccc(-n3c4ccccc4c4ccccc43)c2)cc(-c2ncnc3c2oc2ccccc23)c1.